The summed E-state index contributed by atoms with van der Waals surface area (Å²) in [5.74, 6) is -41.4. The van der Waals surface area contributed by atoms with Crippen LogP contribution in [0, 0.1) is 0 Å². The lowest BCUT2D eigenvalue weighted by molar-refractivity contribution is -0.475. The number of hydrogen-bond acceptors (Lipinski definition) is 3. The van der Waals surface area contributed by atoms with Crippen LogP contribution in [0.25, 0.3) is 0 Å². The fourth-order valence-corrected chi connectivity index (χ4v) is 2.90. The van der Waals surface area contributed by atoms with Gasteiger partial charge in [0.25, 0.3) is 5.91 Å². The second-order valence-corrected chi connectivity index (χ2v) is 6.58. The van der Waals surface area contributed by atoms with Crippen LogP contribution in [0.15, 0.2) is 12.1 Å². The summed E-state index contributed by atoms with van der Waals surface area (Å²) in [7, 11) is 1.80. The second-order valence-electron chi connectivity index (χ2n) is 6.17. The van der Waals surface area contributed by atoms with Crippen molar-refractivity contribution >= 4 is 23.2 Å². The number of carbonyl (C=O) groups excluding carboxylic acids is 1. The largest absolute Gasteiger partial charge is 0.495 e. The quantitative estimate of drug-likeness (QED) is 0.585. The molecule has 1 N–H and O–H groups in total. The van der Waals surface area contributed by atoms with Crippen molar-refractivity contribution < 1.29 is 62.6 Å². The number of benzene rings is 1. The van der Waals surface area contributed by atoms with Crippen LogP contribution in [0.2, 0.25) is 5.02 Å². The molecule has 16 heteroatoms. The third-order valence-corrected chi connectivity index (χ3v) is 4.77. The SMILES string of the molecule is COc1cc(NC(=O)C2(F)C(F)(F)C(F)(F)C(F)(F)C(F)(F)C2(F)F)c(OC)cc1Cl. The lowest BCUT2D eigenvalue weighted by Gasteiger charge is -2.51. The Labute approximate surface area is 170 Å². The lowest BCUT2D eigenvalue weighted by atomic mass is 9.71. The Kier molecular flexibility index (Phi) is 5.58. The molecule has 1 amide bonds. The number of hydrogen-bond donors (Lipinski definition) is 1. The molecule has 0 radical (unpaired) electrons. The number of halogens is 12. The van der Waals surface area contributed by atoms with Crippen molar-refractivity contribution in [2.24, 2.45) is 0 Å². The van der Waals surface area contributed by atoms with Gasteiger partial charge in [0.15, 0.2) is 0 Å². The highest BCUT2D eigenvalue weighted by atomic mass is 35.5. The zero-order valence-electron chi connectivity index (χ0n) is 14.9. The topological polar surface area (TPSA) is 47.6 Å². The van der Waals surface area contributed by atoms with Crippen LogP contribution in [0.3, 0.4) is 0 Å². The fourth-order valence-electron chi connectivity index (χ4n) is 2.67. The lowest BCUT2D eigenvalue weighted by Crippen LogP contribution is -2.86. The van der Waals surface area contributed by atoms with Crippen molar-refractivity contribution in [1.82, 2.24) is 0 Å². The molecule has 4 nitrogen and oxygen atoms in total. The van der Waals surface area contributed by atoms with Crippen molar-refractivity contribution in [3.8, 4) is 11.5 Å². The maximum absolute atomic E-state index is 14.7. The molecular formula is C15H9ClF11NO3. The predicted molar refractivity (Wildman–Crippen MR) is 81.8 cm³/mol. The van der Waals surface area contributed by atoms with E-state index in [0.29, 0.717) is 6.07 Å². The maximum atomic E-state index is 14.7. The molecule has 31 heavy (non-hydrogen) atoms. The summed E-state index contributed by atoms with van der Waals surface area (Å²) in [6, 6.07) is 1.31. The van der Waals surface area contributed by atoms with Gasteiger partial charge in [-0.25, -0.2) is 4.39 Å². The first-order valence-corrected chi connectivity index (χ1v) is 7.98. The summed E-state index contributed by atoms with van der Waals surface area (Å²) >= 11 is 5.68. The number of methoxy groups -OCH3 is 2. The van der Waals surface area contributed by atoms with E-state index in [4.69, 9.17) is 11.6 Å². The summed E-state index contributed by atoms with van der Waals surface area (Å²) in [5.41, 5.74) is -7.87. The number of ether oxygens (including phenoxy) is 2. The van der Waals surface area contributed by atoms with Gasteiger partial charge in [-0.1, -0.05) is 11.6 Å². The van der Waals surface area contributed by atoms with E-state index in [1.165, 1.54) is 0 Å². The molecule has 0 unspecified atom stereocenters. The number of nitrogens with one attached hydrogen (secondary N) is 1. The van der Waals surface area contributed by atoms with Crippen LogP contribution >= 0.6 is 11.6 Å². The molecule has 1 aromatic carbocycles. The fraction of sp³-hybridized carbons (Fsp3) is 0.533. The van der Waals surface area contributed by atoms with E-state index < -0.39 is 58.4 Å². The van der Waals surface area contributed by atoms with E-state index >= 15 is 0 Å². The van der Waals surface area contributed by atoms with E-state index in [9.17, 15) is 53.1 Å². The van der Waals surface area contributed by atoms with Gasteiger partial charge in [0.1, 0.15) is 11.5 Å². The molecule has 0 aliphatic heterocycles. The minimum absolute atomic E-state index is 0.293. The minimum Gasteiger partial charge on any atom is -0.495 e. The Morgan fingerprint density at radius 2 is 1.13 bits per heavy atom. The van der Waals surface area contributed by atoms with E-state index in [1.54, 1.807) is 0 Å². The van der Waals surface area contributed by atoms with Crippen LogP contribution in [0.5, 0.6) is 11.5 Å². The molecule has 0 bridgehead atoms. The summed E-state index contributed by atoms with van der Waals surface area (Å²) in [4.78, 5) is 12.0. The van der Waals surface area contributed by atoms with Crippen molar-refractivity contribution in [2.45, 2.75) is 35.3 Å². The number of carbonyl (C=O) groups is 1. The predicted octanol–water partition coefficient (Wildman–Crippen LogP) is 5.19. The van der Waals surface area contributed by atoms with E-state index in [1.807, 2.05) is 0 Å². The van der Waals surface area contributed by atoms with Crippen LogP contribution in [-0.2, 0) is 4.79 Å². The Balaban J connectivity index is 2.72. The van der Waals surface area contributed by atoms with E-state index in [2.05, 4.69) is 9.47 Å². The molecule has 0 heterocycles. The molecule has 0 atom stereocenters. The second kappa shape index (κ2) is 6.90. The highest BCUT2D eigenvalue weighted by molar-refractivity contribution is 6.32. The van der Waals surface area contributed by atoms with E-state index in [-0.39, 0.29) is 5.02 Å². The highest BCUT2D eigenvalue weighted by Crippen LogP contribution is 2.69. The molecular weight excluding hydrogens is 487 g/mol. The van der Waals surface area contributed by atoms with Gasteiger partial charge in [-0.05, 0) is 0 Å². The third-order valence-electron chi connectivity index (χ3n) is 4.48. The maximum Gasteiger partial charge on any atom is 0.384 e. The molecule has 176 valence electrons. The number of alkyl halides is 11. The molecule has 0 aromatic heterocycles. The molecule has 1 aliphatic rings. The summed E-state index contributed by atoms with van der Waals surface area (Å²) in [5, 5.41) is 0.645. The molecule has 0 saturated heterocycles. The van der Waals surface area contributed by atoms with Crippen molar-refractivity contribution in [3.63, 3.8) is 0 Å². The van der Waals surface area contributed by atoms with Crippen LogP contribution in [0.4, 0.5) is 54.0 Å². The van der Waals surface area contributed by atoms with Crippen LogP contribution in [-0.4, -0.2) is 55.4 Å². The van der Waals surface area contributed by atoms with Crippen molar-refractivity contribution in [1.29, 1.82) is 0 Å². The minimum atomic E-state index is -7.43. The number of rotatable bonds is 4. The van der Waals surface area contributed by atoms with Gasteiger partial charge < -0.3 is 14.8 Å². The molecule has 2 rings (SSSR count). The molecule has 1 aromatic rings. The highest BCUT2D eigenvalue weighted by Gasteiger charge is 3.02. The summed E-state index contributed by atoms with van der Waals surface area (Å²) < 4.78 is 160. The number of anilines is 1. The Hall–Kier alpha value is -2.19. The summed E-state index contributed by atoms with van der Waals surface area (Å²) in [6.45, 7) is 0. The monoisotopic (exact) mass is 495 g/mol. The van der Waals surface area contributed by atoms with Gasteiger partial charge in [0, 0.05) is 12.1 Å². The van der Waals surface area contributed by atoms with Crippen LogP contribution in [0.1, 0.15) is 0 Å². The average Bonchev–Trinajstić information content (AvgIpc) is 2.66. The van der Waals surface area contributed by atoms with Gasteiger partial charge >= 0.3 is 35.3 Å². The van der Waals surface area contributed by atoms with Gasteiger partial charge in [0.05, 0.1) is 24.9 Å². The summed E-state index contributed by atoms with van der Waals surface area (Å²) in [6.07, 6.45) is 0. The Morgan fingerprint density at radius 1 is 0.742 bits per heavy atom. The Bertz CT molecular complexity index is 876. The zero-order chi connectivity index (χ0) is 24.4. The molecule has 1 saturated carbocycles. The zero-order valence-corrected chi connectivity index (χ0v) is 15.7. The van der Waals surface area contributed by atoms with Crippen molar-refractivity contribution in [2.75, 3.05) is 19.5 Å². The van der Waals surface area contributed by atoms with Gasteiger partial charge in [-0.15, -0.1) is 0 Å². The van der Waals surface area contributed by atoms with Gasteiger partial charge in [-0.2, -0.15) is 43.9 Å². The average molecular weight is 496 g/mol. The normalized spacial score (nSPS) is 24.2. The standard InChI is InChI=1S/C15H9ClF11NO3/c1-30-7-4-6(8(31-2)3-5(7)16)28-9(29)10(17)11(18,19)13(22,23)15(26,27)14(24,25)12(10,20)21/h3-4H,1-2H3,(H,28,29). The molecule has 1 fully saturated rings. The number of amides is 1. The Morgan fingerprint density at radius 3 is 1.52 bits per heavy atom. The van der Waals surface area contributed by atoms with E-state index in [0.717, 1.165) is 25.6 Å². The third kappa shape index (κ3) is 2.77. The van der Waals surface area contributed by atoms with Gasteiger partial charge in [0.2, 0.25) is 0 Å². The van der Waals surface area contributed by atoms with Crippen molar-refractivity contribution in [3.05, 3.63) is 17.2 Å². The van der Waals surface area contributed by atoms with Gasteiger partial charge in [-0.3, -0.25) is 4.79 Å². The molecule has 0 spiro atoms. The first-order chi connectivity index (χ1) is 13.8. The smallest absolute Gasteiger partial charge is 0.384 e. The molecule has 1 aliphatic carbocycles. The first kappa shape index (κ1) is 25.1. The van der Waals surface area contributed by atoms with Crippen LogP contribution < -0.4 is 14.8 Å². The first-order valence-electron chi connectivity index (χ1n) is 7.60.